The van der Waals surface area contributed by atoms with Crippen LogP contribution in [0.25, 0.3) is 11.2 Å². The second-order valence-corrected chi connectivity index (χ2v) is 5.71. The van der Waals surface area contributed by atoms with Crippen LogP contribution in [0, 0.1) is 0 Å². The van der Waals surface area contributed by atoms with E-state index >= 15 is 0 Å². The molecular weight excluding hydrogens is 274 g/mol. The number of anilines is 1. The van der Waals surface area contributed by atoms with Crippen LogP contribution >= 0.6 is 0 Å². The first kappa shape index (κ1) is 14.5. The van der Waals surface area contributed by atoms with Crippen molar-refractivity contribution >= 4 is 17.0 Å². The van der Waals surface area contributed by atoms with Crippen LogP contribution in [0.2, 0.25) is 0 Å². The van der Waals surface area contributed by atoms with Crippen molar-refractivity contribution in [2.75, 3.05) is 11.9 Å². The standard InChI is InChI=1S/C17H21N5/c1-4-18-16-14-17(21-15(20-14)12(2)3)22(11-19-16)10-13-8-6-5-7-9-13/h5-9,11-12H,4,10H2,1-3H3,(H,18,20,21)/p+1. The van der Waals surface area contributed by atoms with Gasteiger partial charge in [-0.05, 0) is 12.5 Å². The Morgan fingerprint density at radius 2 is 2.00 bits per heavy atom. The lowest BCUT2D eigenvalue weighted by molar-refractivity contribution is -0.667. The van der Waals surface area contributed by atoms with Gasteiger partial charge in [-0.3, -0.25) is 0 Å². The summed E-state index contributed by atoms with van der Waals surface area (Å²) < 4.78 is 2.09. The molecule has 0 spiro atoms. The highest BCUT2D eigenvalue weighted by Gasteiger charge is 2.20. The minimum absolute atomic E-state index is 0.354. The number of rotatable bonds is 5. The lowest BCUT2D eigenvalue weighted by Gasteiger charge is -2.03. The number of hydrogen-bond donors (Lipinski definition) is 2. The number of imidazole rings is 1. The van der Waals surface area contributed by atoms with Crippen LogP contribution in [0.1, 0.15) is 38.1 Å². The van der Waals surface area contributed by atoms with Gasteiger partial charge in [-0.1, -0.05) is 54.1 Å². The summed E-state index contributed by atoms with van der Waals surface area (Å²) in [5.74, 6) is 2.21. The zero-order valence-electron chi connectivity index (χ0n) is 13.3. The van der Waals surface area contributed by atoms with E-state index in [0.717, 1.165) is 35.9 Å². The summed E-state index contributed by atoms with van der Waals surface area (Å²) in [6, 6.07) is 10.4. The number of H-pyrrole nitrogens is 1. The van der Waals surface area contributed by atoms with Crippen molar-refractivity contribution < 1.29 is 4.57 Å². The molecule has 0 radical (unpaired) electrons. The fourth-order valence-electron chi connectivity index (χ4n) is 2.47. The number of aromatic nitrogens is 4. The number of nitrogens with zero attached hydrogens (tertiary/aromatic N) is 3. The van der Waals surface area contributed by atoms with Gasteiger partial charge in [0, 0.05) is 12.5 Å². The molecule has 3 aromatic rings. The summed E-state index contributed by atoms with van der Waals surface area (Å²) in [7, 11) is 0. The van der Waals surface area contributed by atoms with Crippen LogP contribution in [-0.4, -0.2) is 21.5 Å². The molecule has 0 saturated heterocycles. The number of hydrogen-bond acceptors (Lipinski definition) is 3. The second kappa shape index (κ2) is 6.13. The minimum atomic E-state index is 0.354. The van der Waals surface area contributed by atoms with E-state index in [0.29, 0.717) is 5.92 Å². The predicted octanol–water partition coefficient (Wildman–Crippen LogP) is 2.85. The van der Waals surface area contributed by atoms with E-state index in [1.165, 1.54) is 5.56 Å². The highest BCUT2D eigenvalue weighted by Crippen LogP contribution is 2.19. The third-order valence-electron chi connectivity index (χ3n) is 3.62. The molecule has 3 rings (SSSR count). The molecule has 2 heterocycles. The molecule has 5 nitrogen and oxygen atoms in total. The molecule has 0 aliphatic heterocycles. The van der Waals surface area contributed by atoms with Crippen LogP contribution in [0.5, 0.6) is 0 Å². The number of benzene rings is 1. The first-order valence-electron chi connectivity index (χ1n) is 7.75. The average Bonchev–Trinajstić information content (AvgIpc) is 2.97. The van der Waals surface area contributed by atoms with Crippen molar-refractivity contribution in [1.82, 2.24) is 15.0 Å². The molecule has 2 aromatic heterocycles. The Balaban J connectivity index is 2.08. The third-order valence-corrected chi connectivity index (χ3v) is 3.62. The fourth-order valence-corrected chi connectivity index (χ4v) is 2.47. The Hall–Kier alpha value is -2.43. The number of nitrogens with one attached hydrogen (secondary N) is 2. The summed E-state index contributed by atoms with van der Waals surface area (Å²) in [6.45, 7) is 7.94. The van der Waals surface area contributed by atoms with E-state index in [4.69, 9.17) is 4.98 Å². The highest BCUT2D eigenvalue weighted by atomic mass is 15.2. The van der Waals surface area contributed by atoms with Gasteiger partial charge in [-0.25, -0.2) is 4.57 Å². The van der Waals surface area contributed by atoms with Crippen molar-refractivity contribution in [3.63, 3.8) is 0 Å². The van der Waals surface area contributed by atoms with Crippen LogP contribution < -0.4 is 9.88 Å². The smallest absolute Gasteiger partial charge is 0.294 e. The quantitative estimate of drug-likeness (QED) is 0.712. The molecule has 5 heteroatoms. The topological polar surface area (TPSA) is 57.5 Å². The van der Waals surface area contributed by atoms with Crippen molar-refractivity contribution in [3.8, 4) is 0 Å². The van der Waals surface area contributed by atoms with Gasteiger partial charge in [0.05, 0.1) is 6.54 Å². The van der Waals surface area contributed by atoms with Crippen LogP contribution in [0.15, 0.2) is 36.7 Å². The molecule has 114 valence electrons. The Morgan fingerprint density at radius 1 is 1.23 bits per heavy atom. The van der Waals surface area contributed by atoms with Gasteiger partial charge in [0.25, 0.3) is 5.65 Å². The summed E-state index contributed by atoms with van der Waals surface area (Å²) in [5.41, 5.74) is 3.16. The maximum atomic E-state index is 4.78. The van der Waals surface area contributed by atoms with Crippen LogP contribution in [0.4, 0.5) is 5.82 Å². The van der Waals surface area contributed by atoms with Gasteiger partial charge >= 0.3 is 0 Å². The molecule has 0 amide bonds. The van der Waals surface area contributed by atoms with E-state index in [9.17, 15) is 0 Å². The van der Waals surface area contributed by atoms with Crippen molar-refractivity contribution in [3.05, 3.63) is 48.0 Å². The van der Waals surface area contributed by atoms with Gasteiger partial charge < -0.3 is 10.3 Å². The molecule has 0 fully saturated rings. The van der Waals surface area contributed by atoms with Gasteiger partial charge in [-0.2, -0.15) is 0 Å². The molecule has 0 aliphatic rings. The van der Waals surface area contributed by atoms with Gasteiger partial charge in [0.1, 0.15) is 0 Å². The monoisotopic (exact) mass is 296 g/mol. The maximum Gasteiger partial charge on any atom is 0.294 e. The van der Waals surface area contributed by atoms with Gasteiger partial charge in [-0.15, -0.1) is 0 Å². The average molecular weight is 296 g/mol. The molecule has 0 atom stereocenters. The van der Waals surface area contributed by atoms with Crippen LogP contribution in [0.3, 0.4) is 0 Å². The zero-order chi connectivity index (χ0) is 15.5. The van der Waals surface area contributed by atoms with E-state index < -0.39 is 0 Å². The van der Waals surface area contributed by atoms with E-state index in [-0.39, 0.29) is 0 Å². The van der Waals surface area contributed by atoms with E-state index in [1.54, 1.807) is 0 Å². The number of fused-ring (bicyclic) bond motifs is 1. The lowest BCUT2D eigenvalue weighted by atomic mass is 10.2. The Kier molecular flexibility index (Phi) is 4.04. The molecular formula is C17H22N5+. The molecule has 0 unspecified atom stereocenters. The van der Waals surface area contributed by atoms with E-state index in [2.05, 4.69) is 64.9 Å². The molecule has 0 saturated carbocycles. The fraction of sp³-hybridized carbons (Fsp3) is 0.353. The summed E-state index contributed by atoms with van der Waals surface area (Å²) in [4.78, 5) is 12.7. The third kappa shape index (κ3) is 2.79. The second-order valence-electron chi connectivity index (χ2n) is 5.71. The van der Waals surface area contributed by atoms with Gasteiger partial charge in [0.15, 0.2) is 11.3 Å². The normalized spacial score (nSPS) is 11.3. The Morgan fingerprint density at radius 3 is 2.68 bits per heavy atom. The van der Waals surface area contributed by atoms with E-state index in [1.807, 2.05) is 12.4 Å². The molecule has 0 aliphatic carbocycles. The lowest BCUT2D eigenvalue weighted by Crippen LogP contribution is -2.36. The number of aromatic amines is 1. The van der Waals surface area contributed by atoms with Crippen molar-refractivity contribution in [2.45, 2.75) is 33.2 Å². The molecule has 22 heavy (non-hydrogen) atoms. The zero-order valence-corrected chi connectivity index (χ0v) is 13.3. The van der Waals surface area contributed by atoms with Crippen LogP contribution in [-0.2, 0) is 6.54 Å². The largest absolute Gasteiger partial charge is 0.355 e. The maximum absolute atomic E-state index is 4.78. The van der Waals surface area contributed by atoms with Gasteiger partial charge in [0.2, 0.25) is 12.1 Å². The minimum Gasteiger partial charge on any atom is -0.355 e. The Bertz CT molecular complexity index is 761. The van der Waals surface area contributed by atoms with Crippen molar-refractivity contribution in [2.24, 2.45) is 0 Å². The molecule has 0 bridgehead atoms. The Labute approximate surface area is 130 Å². The first-order chi connectivity index (χ1) is 10.7. The summed E-state index contributed by atoms with van der Waals surface area (Å²) in [6.07, 6.45) is 1.86. The molecule has 2 N–H and O–H groups in total. The van der Waals surface area contributed by atoms with Crippen molar-refractivity contribution in [1.29, 1.82) is 0 Å². The summed E-state index contributed by atoms with van der Waals surface area (Å²) >= 11 is 0. The summed E-state index contributed by atoms with van der Waals surface area (Å²) in [5, 5.41) is 3.30. The first-order valence-corrected chi connectivity index (χ1v) is 7.75. The molecule has 1 aromatic carbocycles. The SMILES string of the molecule is CCNc1nc[n+](Cc2ccccc2)c2nc(C(C)C)[nH]c12. The predicted molar refractivity (Wildman–Crippen MR) is 87.9 cm³/mol. The highest BCUT2D eigenvalue weighted by molar-refractivity contribution is 5.80.